The number of imidazole rings is 1. The predicted octanol–water partition coefficient (Wildman–Crippen LogP) is 3.37. The van der Waals surface area contributed by atoms with Crippen LogP contribution < -0.4 is 5.32 Å². The van der Waals surface area contributed by atoms with Crippen molar-refractivity contribution in [2.45, 2.75) is 38.3 Å². The van der Waals surface area contributed by atoms with Gasteiger partial charge >= 0.3 is 0 Å². The van der Waals surface area contributed by atoms with Crippen LogP contribution in [-0.2, 0) is 0 Å². The molecule has 0 bridgehead atoms. The van der Waals surface area contributed by atoms with Crippen molar-refractivity contribution < 1.29 is 9.21 Å². The van der Waals surface area contributed by atoms with Crippen LogP contribution in [0.1, 0.15) is 41.6 Å². The molecule has 0 unspecified atom stereocenters. The van der Waals surface area contributed by atoms with Gasteiger partial charge in [0, 0.05) is 24.0 Å². The third kappa shape index (κ3) is 3.07. The molecule has 1 aromatic carbocycles. The van der Waals surface area contributed by atoms with E-state index in [2.05, 4.69) is 19.9 Å². The van der Waals surface area contributed by atoms with Gasteiger partial charge in [0.2, 0.25) is 5.89 Å². The molecule has 0 saturated heterocycles. The monoisotopic (exact) mass is 336 g/mol. The third-order valence-electron chi connectivity index (χ3n) is 4.74. The molecule has 25 heavy (non-hydrogen) atoms. The lowest BCUT2D eigenvalue weighted by atomic mass is 10.1. The molecule has 0 spiro atoms. The first-order chi connectivity index (χ1) is 12.2. The van der Waals surface area contributed by atoms with E-state index in [1.54, 1.807) is 13.1 Å². The highest BCUT2D eigenvalue weighted by Crippen LogP contribution is 2.30. The second-order valence-corrected chi connectivity index (χ2v) is 6.38. The molecule has 1 aliphatic rings. The first kappa shape index (κ1) is 15.6. The van der Waals surface area contributed by atoms with Crippen molar-refractivity contribution >= 4 is 5.91 Å². The molecule has 0 radical (unpaired) electrons. The Labute approximate surface area is 145 Å². The number of nitrogens with one attached hydrogen (secondary N) is 1. The molecular formula is C19H20N4O2. The molecule has 6 nitrogen and oxygen atoms in total. The van der Waals surface area contributed by atoms with E-state index in [9.17, 15) is 4.79 Å². The Bertz CT molecular complexity index is 855. The Morgan fingerprint density at radius 1 is 1.28 bits per heavy atom. The summed E-state index contributed by atoms with van der Waals surface area (Å²) in [4.78, 5) is 21.2. The van der Waals surface area contributed by atoms with Gasteiger partial charge in [0.25, 0.3) is 5.91 Å². The minimum Gasteiger partial charge on any atom is -0.441 e. The van der Waals surface area contributed by atoms with Gasteiger partial charge < -0.3 is 14.3 Å². The smallest absolute Gasteiger partial charge is 0.273 e. The van der Waals surface area contributed by atoms with Gasteiger partial charge in [-0.1, -0.05) is 18.2 Å². The Balaban J connectivity index is 1.52. The van der Waals surface area contributed by atoms with Gasteiger partial charge in [0.15, 0.2) is 5.69 Å². The quantitative estimate of drug-likeness (QED) is 0.793. The minimum atomic E-state index is -0.180. The Kier molecular flexibility index (Phi) is 4.09. The zero-order valence-corrected chi connectivity index (χ0v) is 14.1. The van der Waals surface area contributed by atoms with Crippen LogP contribution >= 0.6 is 0 Å². The molecule has 6 heteroatoms. The van der Waals surface area contributed by atoms with Gasteiger partial charge in [-0.25, -0.2) is 9.97 Å². The second-order valence-electron chi connectivity index (χ2n) is 6.38. The number of hydrogen-bond acceptors (Lipinski definition) is 4. The highest BCUT2D eigenvalue weighted by molar-refractivity contribution is 5.94. The van der Waals surface area contributed by atoms with Gasteiger partial charge in [0.05, 0.1) is 12.4 Å². The van der Waals surface area contributed by atoms with Crippen molar-refractivity contribution in [3.63, 3.8) is 0 Å². The van der Waals surface area contributed by atoms with Gasteiger partial charge in [0.1, 0.15) is 5.76 Å². The van der Waals surface area contributed by atoms with Crippen LogP contribution in [0.4, 0.5) is 0 Å². The molecular weight excluding hydrogens is 316 g/mol. The summed E-state index contributed by atoms with van der Waals surface area (Å²) in [7, 11) is 0. The zero-order valence-electron chi connectivity index (χ0n) is 14.1. The Morgan fingerprint density at radius 3 is 2.88 bits per heavy atom. The fourth-order valence-electron chi connectivity index (χ4n) is 3.48. The first-order valence-corrected chi connectivity index (χ1v) is 8.53. The molecule has 128 valence electrons. The van der Waals surface area contributed by atoms with Crippen molar-refractivity contribution in [2.75, 3.05) is 0 Å². The molecule has 4 rings (SSSR count). The zero-order chi connectivity index (χ0) is 17.2. The second kappa shape index (κ2) is 6.55. The first-order valence-electron chi connectivity index (χ1n) is 8.53. The molecule has 1 saturated carbocycles. The summed E-state index contributed by atoms with van der Waals surface area (Å²) in [5, 5.41) is 3.13. The van der Waals surface area contributed by atoms with Crippen molar-refractivity contribution in [1.29, 1.82) is 0 Å². The van der Waals surface area contributed by atoms with Gasteiger partial charge in [-0.15, -0.1) is 0 Å². The molecule has 1 fully saturated rings. The van der Waals surface area contributed by atoms with E-state index in [1.807, 2.05) is 42.9 Å². The average Bonchev–Trinajstić information content (AvgIpc) is 3.35. The van der Waals surface area contributed by atoms with E-state index in [1.165, 1.54) is 0 Å². The number of aryl methyl sites for hydroxylation is 1. The van der Waals surface area contributed by atoms with E-state index in [4.69, 9.17) is 4.42 Å². The lowest BCUT2D eigenvalue weighted by Crippen LogP contribution is -2.38. The fourth-order valence-corrected chi connectivity index (χ4v) is 3.48. The van der Waals surface area contributed by atoms with Gasteiger partial charge in [-0.2, -0.15) is 0 Å². The average molecular weight is 336 g/mol. The van der Waals surface area contributed by atoms with E-state index in [-0.39, 0.29) is 18.0 Å². The number of carbonyl (C=O) groups is 1. The van der Waals surface area contributed by atoms with Crippen molar-refractivity contribution in [3.05, 3.63) is 60.5 Å². The normalized spacial score (nSPS) is 19.9. The van der Waals surface area contributed by atoms with E-state index < -0.39 is 0 Å². The van der Waals surface area contributed by atoms with E-state index in [0.717, 1.165) is 24.8 Å². The predicted molar refractivity (Wildman–Crippen MR) is 93.0 cm³/mol. The molecule has 1 N–H and O–H groups in total. The minimum absolute atomic E-state index is 0.0815. The number of oxazole rings is 1. The van der Waals surface area contributed by atoms with Crippen molar-refractivity contribution in [1.82, 2.24) is 19.9 Å². The highest BCUT2D eigenvalue weighted by Gasteiger charge is 2.31. The van der Waals surface area contributed by atoms with Crippen LogP contribution in [0.5, 0.6) is 0 Å². The molecule has 1 amide bonds. The summed E-state index contributed by atoms with van der Waals surface area (Å²) in [5.41, 5.74) is 1.22. The largest absolute Gasteiger partial charge is 0.441 e. The van der Waals surface area contributed by atoms with Crippen molar-refractivity contribution in [2.24, 2.45) is 0 Å². The number of rotatable bonds is 4. The van der Waals surface area contributed by atoms with E-state index in [0.29, 0.717) is 17.3 Å². The number of aromatic nitrogens is 3. The number of amides is 1. The summed E-state index contributed by atoms with van der Waals surface area (Å²) in [6.07, 6.45) is 8.60. The number of nitrogens with zero attached hydrogens (tertiary/aromatic N) is 3. The molecule has 2 heterocycles. The molecule has 2 aromatic heterocycles. The maximum absolute atomic E-state index is 12.7. The molecule has 1 aliphatic carbocycles. The maximum Gasteiger partial charge on any atom is 0.273 e. The summed E-state index contributed by atoms with van der Waals surface area (Å²) in [6.45, 7) is 1.77. The highest BCUT2D eigenvalue weighted by atomic mass is 16.4. The number of benzene rings is 1. The van der Waals surface area contributed by atoms with Crippen LogP contribution in [0, 0.1) is 6.92 Å². The third-order valence-corrected chi connectivity index (χ3v) is 4.74. The Hall–Kier alpha value is -2.89. The summed E-state index contributed by atoms with van der Waals surface area (Å²) in [6, 6.07) is 9.93. The van der Waals surface area contributed by atoms with Crippen LogP contribution in [-0.4, -0.2) is 26.5 Å². The Morgan fingerprint density at radius 2 is 2.12 bits per heavy atom. The maximum atomic E-state index is 12.7. The standard InChI is InChI=1S/C19H20N4O2/c1-13-17(22-19(25-13)14-6-3-2-4-7-14)18(24)21-15-8-5-9-16(15)23-11-10-20-12-23/h2-4,6-7,10-12,15-16H,5,8-9H2,1H3,(H,21,24)/t15-,16+/m1/s1. The van der Waals surface area contributed by atoms with Gasteiger partial charge in [-0.3, -0.25) is 4.79 Å². The van der Waals surface area contributed by atoms with Crippen LogP contribution in [0.25, 0.3) is 11.5 Å². The lowest BCUT2D eigenvalue weighted by Gasteiger charge is -2.21. The van der Waals surface area contributed by atoms with Crippen LogP contribution in [0.2, 0.25) is 0 Å². The lowest BCUT2D eigenvalue weighted by molar-refractivity contribution is 0.0923. The summed E-state index contributed by atoms with van der Waals surface area (Å²) >= 11 is 0. The molecule has 2 atom stereocenters. The van der Waals surface area contributed by atoms with Crippen molar-refractivity contribution in [3.8, 4) is 11.5 Å². The summed E-state index contributed by atoms with van der Waals surface area (Å²) in [5.74, 6) is 0.829. The van der Waals surface area contributed by atoms with Crippen LogP contribution in [0.3, 0.4) is 0 Å². The molecule has 0 aliphatic heterocycles. The number of carbonyl (C=O) groups excluding carboxylic acids is 1. The SMILES string of the molecule is Cc1oc(-c2ccccc2)nc1C(=O)N[C@@H]1CCC[C@@H]1n1ccnc1. The van der Waals surface area contributed by atoms with Gasteiger partial charge in [-0.05, 0) is 38.3 Å². The number of hydrogen-bond donors (Lipinski definition) is 1. The molecule has 3 aromatic rings. The fraction of sp³-hybridized carbons (Fsp3) is 0.316. The van der Waals surface area contributed by atoms with Crippen LogP contribution in [0.15, 0.2) is 53.5 Å². The van der Waals surface area contributed by atoms with E-state index >= 15 is 0 Å². The summed E-state index contributed by atoms with van der Waals surface area (Å²) < 4.78 is 7.77. The topological polar surface area (TPSA) is 73.0 Å².